The minimum atomic E-state index is -0.375. The predicted molar refractivity (Wildman–Crippen MR) is 77.1 cm³/mol. The Bertz CT molecular complexity index is 698. The lowest BCUT2D eigenvalue weighted by molar-refractivity contribution is 0.100. The lowest BCUT2D eigenvalue weighted by atomic mass is 10.2. The van der Waals surface area contributed by atoms with E-state index in [1.54, 1.807) is 0 Å². The van der Waals surface area contributed by atoms with Crippen molar-refractivity contribution in [3.8, 4) is 0 Å². The van der Waals surface area contributed by atoms with Gasteiger partial charge < -0.3 is 0 Å². The number of amides is 1. The summed E-state index contributed by atoms with van der Waals surface area (Å²) in [7, 11) is 0. The highest BCUT2D eigenvalue weighted by atomic mass is 32.2. The molecule has 5 nitrogen and oxygen atoms in total. The van der Waals surface area contributed by atoms with Gasteiger partial charge in [0.05, 0.1) is 0 Å². The molecule has 0 spiro atoms. The van der Waals surface area contributed by atoms with Gasteiger partial charge in [-0.05, 0) is 5.56 Å². The van der Waals surface area contributed by atoms with Crippen LogP contribution in [0.15, 0.2) is 58.0 Å². The van der Waals surface area contributed by atoms with Crippen LogP contribution in [0.4, 0.5) is 5.82 Å². The van der Waals surface area contributed by atoms with Crippen LogP contribution < -0.4 is 0 Å². The van der Waals surface area contributed by atoms with Gasteiger partial charge in [-0.3, -0.25) is 4.79 Å². The quantitative estimate of drug-likeness (QED) is 0.635. The predicted octanol–water partition coefficient (Wildman–Crippen LogP) is 3.52. The van der Waals surface area contributed by atoms with Gasteiger partial charge in [-0.1, -0.05) is 54.2 Å². The smallest absolute Gasteiger partial charge is 0.265 e. The maximum absolute atomic E-state index is 11.2. The highest BCUT2D eigenvalue weighted by Crippen LogP contribution is 2.26. The molecule has 1 aromatic heterocycles. The van der Waals surface area contributed by atoms with E-state index in [2.05, 4.69) is 20.2 Å². The van der Waals surface area contributed by atoms with Crippen molar-refractivity contribution in [2.45, 2.75) is 5.16 Å². The van der Waals surface area contributed by atoms with Crippen LogP contribution in [0.25, 0.3) is 6.08 Å². The molecule has 0 fully saturated rings. The van der Waals surface area contributed by atoms with Crippen molar-refractivity contribution in [1.82, 2.24) is 9.97 Å². The SMILES string of the molecule is O=C1N=Nc2nc(SCC=Cc3ccccc3)ncc21. The zero-order valence-corrected chi connectivity index (χ0v) is 11.2. The Morgan fingerprint density at radius 3 is 2.85 bits per heavy atom. The average Bonchev–Trinajstić information content (AvgIpc) is 2.86. The van der Waals surface area contributed by atoms with Gasteiger partial charge in [-0.25, -0.2) is 9.97 Å². The van der Waals surface area contributed by atoms with Gasteiger partial charge in [0, 0.05) is 11.9 Å². The third kappa shape index (κ3) is 2.80. The van der Waals surface area contributed by atoms with Gasteiger partial charge in [0.1, 0.15) is 5.56 Å². The van der Waals surface area contributed by atoms with Gasteiger partial charge in [-0.15, -0.1) is 10.2 Å². The molecule has 3 rings (SSSR count). The van der Waals surface area contributed by atoms with E-state index in [4.69, 9.17) is 0 Å². The largest absolute Gasteiger partial charge is 0.300 e. The normalized spacial score (nSPS) is 13.1. The third-order valence-electron chi connectivity index (χ3n) is 2.63. The summed E-state index contributed by atoms with van der Waals surface area (Å²) in [4.78, 5) is 19.5. The molecule has 0 radical (unpaired) electrons. The first kappa shape index (κ1) is 12.7. The van der Waals surface area contributed by atoms with E-state index in [-0.39, 0.29) is 5.91 Å². The molecule has 0 aliphatic carbocycles. The second-order valence-corrected chi connectivity index (χ2v) is 5.01. The van der Waals surface area contributed by atoms with E-state index >= 15 is 0 Å². The maximum Gasteiger partial charge on any atom is 0.300 e. The van der Waals surface area contributed by atoms with Gasteiger partial charge in [0.25, 0.3) is 0 Å². The Morgan fingerprint density at radius 2 is 2.00 bits per heavy atom. The van der Waals surface area contributed by atoms with Gasteiger partial charge >= 0.3 is 5.91 Å². The second kappa shape index (κ2) is 5.75. The third-order valence-corrected chi connectivity index (χ3v) is 3.45. The molecule has 1 amide bonds. The van der Waals surface area contributed by atoms with E-state index in [1.807, 2.05) is 42.5 Å². The monoisotopic (exact) mass is 282 g/mol. The van der Waals surface area contributed by atoms with Crippen molar-refractivity contribution in [3.05, 3.63) is 53.7 Å². The number of aromatic nitrogens is 2. The molecule has 0 saturated carbocycles. The lowest BCUT2D eigenvalue weighted by Crippen LogP contribution is -1.94. The lowest BCUT2D eigenvalue weighted by Gasteiger charge is -1.98. The topological polar surface area (TPSA) is 67.6 Å². The van der Waals surface area contributed by atoms with E-state index in [9.17, 15) is 4.79 Å². The highest BCUT2D eigenvalue weighted by molar-refractivity contribution is 7.99. The summed E-state index contributed by atoms with van der Waals surface area (Å²) >= 11 is 1.48. The molecule has 0 bridgehead atoms. The van der Waals surface area contributed by atoms with Crippen LogP contribution in [0.2, 0.25) is 0 Å². The minimum Gasteiger partial charge on any atom is -0.265 e. The van der Waals surface area contributed by atoms with Gasteiger partial charge in [-0.2, -0.15) is 0 Å². The molecular formula is C14H10N4OS. The van der Waals surface area contributed by atoms with Crippen LogP contribution in [0, 0.1) is 0 Å². The fraction of sp³-hybridized carbons (Fsp3) is 0.0714. The van der Waals surface area contributed by atoms with E-state index < -0.39 is 0 Å². The number of fused-ring (bicyclic) bond motifs is 1. The molecule has 6 heteroatoms. The van der Waals surface area contributed by atoms with Crippen LogP contribution in [0.3, 0.4) is 0 Å². The molecule has 1 aliphatic rings. The number of hydrogen-bond donors (Lipinski definition) is 0. The van der Waals surface area contributed by atoms with Crippen molar-refractivity contribution in [3.63, 3.8) is 0 Å². The second-order valence-electron chi connectivity index (χ2n) is 4.02. The number of carbonyl (C=O) groups excluding carboxylic acids is 1. The number of azo groups is 1. The van der Waals surface area contributed by atoms with Crippen LogP contribution in [-0.2, 0) is 0 Å². The Labute approximate surface area is 119 Å². The van der Waals surface area contributed by atoms with Crippen molar-refractivity contribution >= 4 is 29.6 Å². The molecule has 98 valence electrons. The molecule has 0 atom stereocenters. The molecule has 0 saturated heterocycles. The molecule has 1 aromatic carbocycles. The van der Waals surface area contributed by atoms with Crippen LogP contribution in [0.5, 0.6) is 0 Å². The van der Waals surface area contributed by atoms with Crippen molar-refractivity contribution < 1.29 is 4.79 Å². The highest BCUT2D eigenvalue weighted by Gasteiger charge is 2.19. The summed E-state index contributed by atoms with van der Waals surface area (Å²) in [6, 6.07) is 10.1. The van der Waals surface area contributed by atoms with Crippen molar-refractivity contribution in [2.24, 2.45) is 10.2 Å². The zero-order valence-electron chi connectivity index (χ0n) is 10.4. The number of rotatable bonds is 4. The van der Waals surface area contributed by atoms with Crippen molar-refractivity contribution in [2.75, 3.05) is 5.75 Å². The maximum atomic E-state index is 11.2. The first-order valence-electron chi connectivity index (χ1n) is 6.00. The fourth-order valence-corrected chi connectivity index (χ4v) is 2.29. The Hall–Kier alpha value is -2.34. The first-order valence-corrected chi connectivity index (χ1v) is 6.99. The summed E-state index contributed by atoms with van der Waals surface area (Å²) in [5, 5.41) is 7.74. The number of nitrogens with zero attached hydrogens (tertiary/aromatic N) is 4. The average molecular weight is 282 g/mol. The molecule has 1 aliphatic heterocycles. The van der Waals surface area contributed by atoms with Gasteiger partial charge in [0.2, 0.25) is 0 Å². The standard InChI is InChI=1S/C14H10N4OS/c19-13-11-9-15-14(16-12(11)17-18-13)20-8-4-7-10-5-2-1-3-6-10/h1-7,9H,8H2. The number of thioether (sulfide) groups is 1. The Morgan fingerprint density at radius 1 is 1.15 bits per heavy atom. The van der Waals surface area contributed by atoms with Crippen LogP contribution in [0.1, 0.15) is 15.9 Å². The van der Waals surface area contributed by atoms with Crippen LogP contribution >= 0.6 is 11.8 Å². The summed E-state index contributed by atoms with van der Waals surface area (Å²) in [6.07, 6.45) is 5.57. The summed E-state index contributed by atoms with van der Waals surface area (Å²) in [6.45, 7) is 0. The molecule has 0 N–H and O–H groups in total. The van der Waals surface area contributed by atoms with Crippen LogP contribution in [-0.4, -0.2) is 21.6 Å². The fourth-order valence-electron chi connectivity index (χ4n) is 1.67. The number of benzene rings is 1. The number of hydrogen-bond acceptors (Lipinski definition) is 5. The molecule has 20 heavy (non-hydrogen) atoms. The van der Waals surface area contributed by atoms with E-state index in [0.717, 1.165) is 11.3 Å². The molecule has 2 heterocycles. The van der Waals surface area contributed by atoms with E-state index in [0.29, 0.717) is 16.5 Å². The molecular weight excluding hydrogens is 272 g/mol. The summed E-state index contributed by atoms with van der Waals surface area (Å²) < 4.78 is 0. The number of carbonyl (C=O) groups is 1. The minimum absolute atomic E-state index is 0.361. The molecule has 2 aromatic rings. The summed E-state index contributed by atoms with van der Waals surface area (Å²) in [5.41, 5.74) is 1.52. The van der Waals surface area contributed by atoms with Crippen molar-refractivity contribution in [1.29, 1.82) is 0 Å². The van der Waals surface area contributed by atoms with E-state index in [1.165, 1.54) is 18.0 Å². The molecule has 0 unspecified atom stereocenters. The van der Waals surface area contributed by atoms with Gasteiger partial charge in [0.15, 0.2) is 11.0 Å². The first-order chi connectivity index (χ1) is 9.83. The Balaban J connectivity index is 1.61. The Kier molecular flexibility index (Phi) is 3.64. The zero-order chi connectivity index (χ0) is 13.8. The summed E-state index contributed by atoms with van der Waals surface area (Å²) in [5.74, 6) is 0.735.